The molecule has 2 heterocycles. The summed E-state index contributed by atoms with van der Waals surface area (Å²) in [5.41, 5.74) is 1.27. The van der Waals surface area contributed by atoms with E-state index in [0.29, 0.717) is 11.5 Å². The summed E-state index contributed by atoms with van der Waals surface area (Å²) in [5.74, 6) is -0.413. The normalized spacial score (nSPS) is 19.7. The molecular formula is C19H18N2O6S. The predicted molar refractivity (Wildman–Crippen MR) is 101 cm³/mol. The van der Waals surface area contributed by atoms with Crippen LogP contribution in [0.4, 0.5) is 5.69 Å². The Morgan fingerprint density at radius 1 is 1.18 bits per heavy atom. The van der Waals surface area contributed by atoms with Gasteiger partial charge < -0.3 is 14.8 Å². The van der Waals surface area contributed by atoms with Crippen LogP contribution in [-0.2, 0) is 21.4 Å². The number of nitrogens with one attached hydrogen (secondary N) is 1. The minimum absolute atomic E-state index is 0.171. The third-order valence-corrected chi connectivity index (χ3v) is 6.46. The average molecular weight is 402 g/mol. The van der Waals surface area contributed by atoms with Gasteiger partial charge in [0.1, 0.15) is 0 Å². The second-order valence-corrected chi connectivity index (χ2v) is 8.57. The number of carbonyl (C=O) groups is 2. The second-order valence-electron chi connectivity index (χ2n) is 6.70. The van der Waals surface area contributed by atoms with Crippen LogP contribution in [0.3, 0.4) is 0 Å². The maximum Gasteiger partial charge on any atom is 0.251 e. The molecule has 0 radical (unpaired) electrons. The first-order valence-corrected chi connectivity index (χ1v) is 10.3. The number of benzene rings is 2. The molecule has 4 rings (SSSR count). The number of fused-ring (bicyclic) bond motifs is 1. The molecule has 2 amide bonds. The van der Waals surface area contributed by atoms with E-state index in [1.165, 1.54) is 12.1 Å². The molecule has 0 unspecified atom stereocenters. The SMILES string of the molecule is C[C@H]1CS(=O)(=O)N(c2cccc(C(=O)NCc3ccc4c(c3)OCO4)c2)C1=O. The van der Waals surface area contributed by atoms with E-state index in [0.717, 1.165) is 9.87 Å². The van der Waals surface area contributed by atoms with Crippen molar-refractivity contribution < 1.29 is 27.5 Å². The molecule has 1 atom stereocenters. The Hall–Kier alpha value is -3.07. The number of amides is 2. The van der Waals surface area contributed by atoms with E-state index in [1.54, 1.807) is 31.2 Å². The van der Waals surface area contributed by atoms with Crippen molar-refractivity contribution in [1.82, 2.24) is 5.32 Å². The van der Waals surface area contributed by atoms with Gasteiger partial charge in [-0.2, -0.15) is 0 Å². The zero-order valence-electron chi connectivity index (χ0n) is 15.0. The maximum atomic E-state index is 12.5. The van der Waals surface area contributed by atoms with Gasteiger partial charge in [0, 0.05) is 12.1 Å². The van der Waals surface area contributed by atoms with E-state index in [1.807, 2.05) is 6.07 Å². The lowest BCUT2D eigenvalue weighted by atomic mass is 10.1. The van der Waals surface area contributed by atoms with Crippen molar-refractivity contribution in [2.45, 2.75) is 13.5 Å². The number of hydrogen-bond acceptors (Lipinski definition) is 6. The third kappa shape index (κ3) is 3.29. The van der Waals surface area contributed by atoms with Crippen molar-refractivity contribution in [2.75, 3.05) is 16.9 Å². The van der Waals surface area contributed by atoms with E-state index in [9.17, 15) is 18.0 Å². The summed E-state index contributed by atoms with van der Waals surface area (Å²) in [6.07, 6.45) is 0. The molecule has 9 heteroatoms. The molecule has 2 aliphatic heterocycles. The molecule has 0 aromatic heterocycles. The van der Waals surface area contributed by atoms with Crippen LogP contribution in [-0.4, -0.2) is 32.8 Å². The number of carbonyl (C=O) groups excluding carboxylic acids is 2. The number of sulfonamides is 1. The molecule has 8 nitrogen and oxygen atoms in total. The first kappa shape index (κ1) is 18.3. The monoisotopic (exact) mass is 402 g/mol. The third-order valence-electron chi connectivity index (χ3n) is 4.59. The summed E-state index contributed by atoms with van der Waals surface area (Å²) in [6.45, 7) is 2.01. The fraction of sp³-hybridized carbons (Fsp3) is 0.263. The zero-order valence-corrected chi connectivity index (χ0v) is 15.9. The minimum atomic E-state index is -3.72. The molecule has 2 aliphatic rings. The summed E-state index contributed by atoms with van der Waals surface area (Å²) in [4.78, 5) is 24.7. The quantitative estimate of drug-likeness (QED) is 0.835. The highest BCUT2D eigenvalue weighted by Gasteiger charge is 2.42. The van der Waals surface area contributed by atoms with E-state index in [2.05, 4.69) is 5.32 Å². The van der Waals surface area contributed by atoms with Crippen molar-refractivity contribution in [3.8, 4) is 11.5 Å². The number of hydrogen-bond donors (Lipinski definition) is 1. The first-order chi connectivity index (χ1) is 13.3. The summed E-state index contributed by atoms with van der Waals surface area (Å²) < 4.78 is 35.8. The number of rotatable bonds is 4. The second kappa shape index (κ2) is 6.83. The molecule has 2 aromatic carbocycles. The molecule has 28 heavy (non-hydrogen) atoms. The van der Waals surface area contributed by atoms with Crippen LogP contribution >= 0.6 is 0 Å². The van der Waals surface area contributed by atoms with Gasteiger partial charge in [-0.15, -0.1) is 0 Å². The van der Waals surface area contributed by atoms with Crippen molar-refractivity contribution >= 4 is 27.5 Å². The zero-order chi connectivity index (χ0) is 19.9. The van der Waals surface area contributed by atoms with Crippen LogP contribution < -0.4 is 19.1 Å². The molecule has 1 N–H and O–H groups in total. The van der Waals surface area contributed by atoms with Gasteiger partial charge in [0.25, 0.3) is 5.91 Å². The largest absolute Gasteiger partial charge is 0.454 e. The van der Waals surface area contributed by atoms with Crippen LogP contribution in [0.25, 0.3) is 0 Å². The molecule has 1 fully saturated rings. The van der Waals surface area contributed by atoms with E-state index < -0.39 is 21.8 Å². The van der Waals surface area contributed by atoms with Gasteiger partial charge in [0.15, 0.2) is 11.5 Å². The van der Waals surface area contributed by atoms with Crippen LogP contribution in [0.2, 0.25) is 0 Å². The Bertz CT molecular complexity index is 1070. The van der Waals surface area contributed by atoms with Crippen molar-refractivity contribution in [2.24, 2.45) is 5.92 Å². The highest BCUT2D eigenvalue weighted by Crippen LogP contribution is 2.32. The molecule has 0 aliphatic carbocycles. The highest BCUT2D eigenvalue weighted by molar-refractivity contribution is 7.94. The minimum Gasteiger partial charge on any atom is -0.454 e. The topological polar surface area (TPSA) is 102 Å². The van der Waals surface area contributed by atoms with Gasteiger partial charge in [-0.1, -0.05) is 19.1 Å². The van der Waals surface area contributed by atoms with Crippen LogP contribution in [0.15, 0.2) is 42.5 Å². The Balaban J connectivity index is 1.50. The smallest absolute Gasteiger partial charge is 0.251 e. The van der Waals surface area contributed by atoms with Gasteiger partial charge in [-0.05, 0) is 35.9 Å². The van der Waals surface area contributed by atoms with Crippen LogP contribution in [0, 0.1) is 5.92 Å². The average Bonchev–Trinajstić information content (AvgIpc) is 3.21. The van der Waals surface area contributed by atoms with Gasteiger partial charge in [-0.3, -0.25) is 9.59 Å². The molecular weight excluding hydrogens is 384 g/mol. The van der Waals surface area contributed by atoms with E-state index >= 15 is 0 Å². The van der Waals surface area contributed by atoms with Gasteiger partial charge in [-0.25, -0.2) is 12.7 Å². The standard InChI is InChI=1S/C19H18N2O6S/c1-12-10-28(24,25)21(19(12)23)15-4-2-3-14(8-15)18(22)20-9-13-5-6-16-17(7-13)27-11-26-16/h2-8,12H,9-11H2,1H3,(H,20,22)/t12-/m0/s1. The number of nitrogens with zero attached hydrogens (tertiary/aromatic N) is 1. The molecule has 2 aromatic rings. The lowest BCUT2D eigenvalue weighted by molar-refractivity contribution is -0.119. The fourth-order valence-corrected chi connectivity index (χ4v) is 5.01. The number of ether oxygens (including phenoxy) is 2. The summed E-state index contributed by atoms with van der Waals surface area (Å²) in [6, 6.07) is 11.4. The van der Waals surface area contributed by atoms with Crippen LogP contribution in [0.1, 0.15) is 22.8 Å². The van der Waals surface area contributed by atoms with Gasteiger partial charge in [0.2, 0.25) is 22.7 Å². The lowest BCUT2D eigenvalue weighted by Gasteiger charge is -2.16. The Kier molecular flexibility index (Phi) is 4.46. The van der Waals surface area contributed by atoms with Crippen molar-refractivity contribution in [3.05, 3.63) is 53.6 Å². The molecule has 0 bridgehead atoms. The molecule has 0 spiro atoms. The Morgan fingerprint density at radius 3 is 2.71 bits per heavy atom. The fourth-order valence-electron chi connectivity index (χ4n) is 3.20. The highest BCUT2D eigenvalue weighted by atomic mass is 32.2. The molecule has 0 saturated carbocycles. The van der Waals surface area contributed by atoms with Crippen molar-refractivity contribution in [3.63, 3.8) is 0 Å². The predicted octanol–water partition coefficient (Wildman–Crippen LogP) is 1.66. The molecule has 146 valence electrons. The summed E-state index contributed by atoms with van der Waals surface area (Å²) in [5, 5.41) is 2.78. The summed E-state index contributed by atoms with van der Waals surface area (Å²) >= 11 is 0. The number of anilines is 1. The Labute approximate surface area is 162 Å². The van der Waals surface area contributed by atoms with Gasteiger partial charge >= 0.3 is 0 Å². The van der Waals surface area contributed by atoms with E-state index in [-0.39, 0.29) is 36.2 Å². The lowest BCUT2D eigenvalue weighted by Crippen LogP contribution is -2.30. The first-order valence-electron chi connectivity index (χ1n) is 8.69. The maximum absolute atomic E-state index is 12.5. The van der Waals surface area contributed by atoms with Crippen LogP contribution in [0.5, 0.6) is 11.5 Å². The Morgan fingerprint density at radius 2 is 1.96 bits per heavy atom. The molecule has 1 saturated heterocycles. The van der Waals surface area contributed by atoms with Gasteiger partial charge in [0.05, 0.1) is 17.4 Å². The van der Waals surface area contributed by atoms with E-state index in [4.69, 9.17) is 9.47 Å². The summed E-state index contributed by atoms with van der Waals surface area (Å²) in [7, 11) is -3.72. The van der Waals surface area contributed by atoms with Crippen molar-refractivity contribution in [1.29, 1.82) is 0 Å².